The molecule has 0 saturated heterocycles. The van der Waals surface area contributed by atoms with Crippen molar-refractivity contribution in [2.45, 2.75) is 6.92 Å². The van der Waals surface area contributed by atoms with Crippen molar-refractivity contribution in [3.63, 3.8) is 0 Å². The number of likely N-dealkylation sites (N-methyl/N-ethyl adjacent to an activating group) is 1. The van der Waals surface area contributed by atoms with Crippen LogP contribution in [0, 0.1) is 0 Å². The minimum atomic E-state index is 0.852. The number of benzene rings is 3. The summed E-state index contributed by atoms with van der Waals surface area (Å²) in [6.45, 7) is 9.79. The van der Waals surface area contributed by atoms with Crippen molar-refractivity contribution in [3.8, 4) is 0 Å². The fourth-order valence-electron chi connectivity index (χ4n) is 3.04. The molecule has 0 amide bonds. The van der Waals surface area contributed by atoms with E-state index in [4.69, 9.17) is 0 Å². The van der Waals surface area contributed by atoms with Gasteiger partial charge in [0.15, 0.2) is 0 Å². The number of fused-ring (bicyclic) bond motifs is 1. The highest BCUT2D eigenvalue weighted by atomic mass is 15.1. The molecule has 0 spiro atoms. The molecular formula is C23H26N4. The van der Waals surface area contributed by atoms with Crippen molar-refractivity contribution in [2.24, 2.45) is 10.2 Å². The van der Waals surface area contributed by atoms with Crippen molar-refractivity contribution >= 4 is 27.8 Å². The summed E-state index contributed by atoms with van der Waals surface area (Å²) >= 11 is 0. The average molecular weight is 358 g/mol. The molecule has 4 heteroatoms. The molecule has 3 aromatic carbocycles. The predicted molar refractivity (Wildman–Crippen MR) is 115 cm³/mol. The van der Waals surface area contributed by atoms with Crippen LogP contribution in [0.5, 0.6) is 0 Å². The first kappa shape index (κ1) is 18.8. The minimum Gasteiger partial charge on any atom is -0.383 e. The minimum absolute atomic E-state index is 0.852. The third-order valence-electron chi connectivity index (χ3n) is 4.51. The first-order valence-electron chi connectivity index (χ1n) is 9.37. The largest absolute Gasteiger partial charge is 0.383 e. The Morgan fingerprint density at radius 1 is 0.926 bits per heavy atom. The molecule has 0 unspecified atom stereocenters. The average Bonchev–Trinajstić information content (AvgIpc) is 2.73. The number of azo groups is 1. The Hall–Kier alpha value is -2.98. The van der Waals surface area contributed by atoms with Crippen LogP contribution in [0.1, 0.15) is 6.92 Å². The number of anilines is 1. The predicted octanol–water partition coefficient (Wildman–Crippen LogP) is 6.18. The maximum Gasteiger partial charge on any atom is 0.0936 e. The van der Waals surface area contributed by atoms with Gasteiger partial charge in [-0.2, -0.15) is 5.11 Å². The lowest BCUT2D eigenvalue weighted by Crippen LogP contribution is -2.29. The molecule has 0 heterocycles. The summed E-state index contributed by atoms with van der Waals surface area (Å²) in [6, 6.07) is 22.2. The van der Waals surface area contributed by atoms with Crippen LogP contribution in [0.15, 0.2) is 89.6 Å². The van der Waals surface area contributed by atoms with Crippen LogP contribution in [0.3, 0.4) is 0 Å². The first-order chi connectivity index (χ1) is 13.3. The van der Waals surface area contributed by atoms with Gasteiger partial charge in [-0.05, 0) is 30.8 Å². The summed E-state index contributed by atoms with van der Waals surface area (Å²) in [7, 11) is 0. The van der Waals surface area contributed by atoms with E-state index >= 15 is 0 Å². The molecule has 1 N–H and O–H groups in total. The standard InChI is InChI=1S/C23H26N4/c1-3-17-27(4-2)18-16-24-22-14-15-23(21-13-9-8-12-20(21)22)26-25-19-10-6-5-7-11-19/h3,5-15,24H,1,4,16-18H2,2H3. The molecule has 0 fully saturated rings. The van der Waals surface area contributed by atoms with Gasteiger partial charge in [-0.25, -0.2) is 0 Å². The topological polar surface area (TPSA) is 40.0 Å². The van der Waals surface area contributed by atoms with E-state index < -0.39 is 0 Å². The quantitative estimate of drug-likeness (QED) is 0.367. The third-order valence-corrected chi connectivity index (χ3v) is 4.51. The van der Waals surface area contributed by atoms with Crippen LogP contribution < -0.4 is 5.32 Å². The second-order valence-electron chi connectivity index (χ2n) is 6.32. The van der Waals surface area contributed by atoms with Gasteiger partial charge in [0.05, 0.1) is 11.4 Å². The second-order valence-corrected chi connectivity index (χ2v) is 6.32. The fourth-order valence-corrected chi connectivity index (χ4v) is 3.04. The lowest BCUT2D eigenvalue weighted by atomic mass is 10.1. The number of rotatable bonds is 9. The summed E-state index contributed by atoms with van der Waals surface area (Å²) in [5, 5.41) is 14.7. The number of hydrogen-bond acceptors (Lipinski definition) is 4. The lowest BCUT2D eigenvalue weighted by Gasteiger charge is -2.19. The zero-order chi connectivity index (χ0) is 18.9. The Morgan fingerprint density at radius 2 is 1.67 bits per heavy atom. The lowest BCUT2D eigenvalue weighted by molar-refractivity contribution is 0.332. The van der Waals surface area contributed by atoms with E-state index in [0.717, 1.165) is 54.0 Å². The van der Waals surface area contributed by atoms with E-state index in [-0.39, 0.29) is 0 Å². The van der Waals surface area contributed by atoms with Gasteiger partial charge in [0.1, 0.15) is 0 Å². The van der Waals surface area contributed by atoms with Crippen LogP contribution >= 0.6 is 0 Å². The molecule has 0 atom stereocenters. The highest BCUT2D eigenvalue weighted by Gasteiger charge is 2.06. The van der Waals surface area contributed by atoms with Gasteiger partial charge in [-0.1, -0.05) is 55.5 Å². The van der Waals surface area contributed by atoms with E-state index in [1.54, 1.807) is 0 Å². The summed E-state index contributed by atoms with van der Waals surface area (Å²) in [5.74, 6) is 0. The molecule has 0 radical (unpaired) electrons. The van der Waals surface area contributed by atoms with Crippen molar-refractivity contribution in [2.75, 3.05) is 31.5 Å². The molecule has 138 valence electrons. The fraction of sp³-hybridized carbons (Fsp3) is 0.217. The van der Waals surface area contributed by atoms with Gasteiger partial charge < -0.3 is 5.32 Å². The molecule has 3 aromatic rings. The molecule has 27 heavy (non-hydrogen) atoms. The Morgan fingerprint density at radius 3 is 2.41 bits per heavy atom. The van der Waals surface area contributed by atoms with E-state index in [1.807, 2.05) is 48.5 Å². The summed E-state index contributed by atoms with van der Waals surface area (Å²) in [4.78, 5) is 2.35. The van der Waals surface area contributed by atoms with Gasteiger partial charge in [0.2, 0.25) is 0 Å². The van der Waals surface area contributed by atoms with Crippen LogP contribution in [0.4, 0.5) is 17.1 Å². The smallest absolute Gasteiger partial charge is 0.0936 e. The number of nitrogens with zero attached hydrogens (tertiary/aromatic N) is 3. The number of hydrogen-bond donors (Lipinski definition) is 1. The maximum atomic E-state index is 4.47. The number of nitrogens with one attached hydrogen (secondary N) is 1. The van der Waals surface area contributed by atoms with Gasteiger partial charge >= 0.3 is 0 Å². The Bertz CT molecular complexity index is 903. The highest BCUT2D eigenvalue weighted by molar-refractivity contribution is 6.00. The van der Waals surface area contributed by atoms with Crippen LogP contribution in [0.25, 0.3) is 10.8 Å². The zero-order valence-electron chi connectivity index (χ0n) is 15.8. The van der Waals surface area contributed by atoms with Gasteiger partial charge in [0, 0.05) is 36.1 Å². The van der Waals surface area contributed by atoms with E-state index in [2.05, 4.69) is 58.2 Å². The SMILES string of the molecule is C=CCN(CC)CCNc1ccc(N=Nc2ccccc2)c2ccccc12. The molecule has 0 aliphatic heterocycles. The highest BCUT2D eigenvalue weighted by Crippen LogP contribution is 2.32. The second kappa shape index (κ2) is 9.64. The molecule has 4 nitrogen and oxygen atoms in total. The molecular weight excluding hydrogens is 332 g/mol. The van der Waals surface area contributed by atoms with Crippen LogP contribution in [-0.4, -0.2) is 31.1 Å². The first-order valence-corrected chi connectivity index (χ1v) is 9.37. The summed E-state index contributed by atoms with van der Waals surface area (Å²) in [6.07, 6.45) is 1.95. The van der Waals surface area contributed by atoms with E-state index in [0.29, 0.717) is 0 Å². The maximum absolute atomic E-state index is 4.47. The monoisotopic (exact) mass is 358 g/mol. The molecule has 0 bridgehead atoms. The van der Waals surface area contributed by atoms with Crippen molar-refractivity contribution in [1.82, 2.24) is 4.90 Å². The van der Waals surface area contributed by atoms with Gasteiger partial charge in [-0.3, -0.25) is 4.90 Å². The van der Waals surface area contributed by atoms with Gasteiger partial charge in [-0.15, -0.1) is 11.7 Å². The molecule has 0 aromatic heterocycles. The van der Waals surface area contributed by atoms with Crippen LogP contribution in [-0.2, 0) is 0 Å². The molecule has 0 aliphatic rings. The Balaban J connectivity index is 1.78. The van der Waals surface area contributed by atoms with Gasteiger partial charge in [0.25, 0.3) is 0 Å². The van der Waals surface area contributed by atoms with Crippen molar-refractivity contribution in [1.29, 1.82) is 0 Å². The zero-order valence-corrected chi connectivity index (χ0v) is 15.8. The Kier molecular flexibility index (Phi) is 6.72. The van der Waals surface area contributed by atoms with Crippen molar-refractivity contribution < 1.29 is 0 Å². The van der Waals surface area contributed by atoms with E-state index in [9.17, 15) is 0 Å². The van der Waals surface area contributed by atoms with E-state index in [1.165, 1.54) is 0 Å². The van der Waals surface area contributed by atoms with Crippen molar-refractivity contribution in [3.05, 3.63) is 79.4 Å². The van der Waals surface area contributed by atoms with Crippen LogP contribution in [0.2, 0.25) is 0 Å². The Labute approximate surface area is 161 Å². The molecule has 3 rings (SSSR count). The normalized spacial score (nSPS) is 11.3. The third kappa shape index (κ3) is 5.02. The molecule has 0 aliphatic carbocycles. The summed E-state index contributed by atoms with van der Waals surface area (Å²) < 4.78 is 0. The molecule has 0 saturated carbocycles. The summed E-state index contributed by atoms with van der Waals surface area (Å²) in [5.41, 5.74) is 2.85.